The molecule has 7 nitrogen and oxygen atoms in total. The van der Waals surface area contributed by atoms with E-state index in [0.29, 0.717) is 24.9 Å². The van der Waals surface area contributed by atoms with Gasteiger partial charge in [-0.2, -0.15) is 0 Å². The van der Waals surface area contributed by atoms with Crippen molar-refractivity contribution in [3.8, 4) is 11.5 Å². The summed E-state index contributed by atoms with van der Waals surface area (Å²) in [6.45, 7) is 9.58. The fourth-order valence-electron chi connectivity index (χ4n) is 2.88. The number of halogens is 1. The molecular weight excluding hydrogens is 529 g/mol. The van der Waals surface area contributed by atoms with Gasteiger partial charge in [0.1, 0.15) is 6.26 Å². The molecular formula is C25H32IN5O2. The van der Waals surface area contributed by atoms with E-state index in [1.165, 1.54) is 5.56 Å². The van der Waals surface area contributed by atoms with Gasteiger partial charge in [-0.3, -0.25) is 4.79 Å². The van der Waals surface area contributed by atoms with Crippen molar-refractivity contribution < 1.29 is 9.21 Å². The number of hydrogen-bond donors (Lipinski definition) is 3. The average molecular weight is 561 g/mol. The normalized spacial score (nSPS) is 11.1. The summed E-state index contributed by atoms with van der Waals surface area (Å²) in [4.78, 5) is 21.0. The quantitative estimate of drug-likeness (QED) is 0.202. The van der Waals surface area contributed by atoms with Crippen LogP contribution in [0, 0.1) is 12.8 Å². The molecule has 33 heavy (non-hydrogen) atoms. The van der Waals surface area contributed by atoms with E-state index in [4.69, 9.17) is 4.42 Å². The molecule has 176 valence electrons. The van der Waals surface area contributed by atoms with Gasteiger partial charge in [0.05, 0.1) is 18.8 Å². The highest BCUT2D eigenvalue weighted by Crippen LogP contribution is 2.19. The largest absolute Gasteiger partial charge is 0.444 e. The molecule has 0 atom stereocenters. The molecule has 1 heterocycles. The number of carbonyl (C=O) groups excluding carboxylic acids is 1. The second-order valence-electron chi connectivity index (χ2n) is 7.90. The molecule has 1 aromatic heterocycles. The Morgan fingerprint density at radius 1 is 1.06 bits per heavy atom. The Balaban J connectivity index is 0.00000385. The number of hydrogen-bond acceptors (Lipinski definition) is 4. The monoisotopic (exact) mass is 561 g/mol. The fraction of sp³-hybridized carbons (Fsp3) is 0.320. The van der Waals surface area contributed by atoms with Crippen LogP contribution in [0.5, 0.6) is 0 Å². The molecule has 0 aliphatic heterocycles. The van der Waals surface area contributed by atoms with Crippen molar-refractivity contribution in [2.45, 2.75) is 40.8 Å². The summed E-state index contributed by atoms with van der Waals surface area (Å²) in [6, 6.07) is 15.8. The van der Waals surface area contributed by atoms with Crippen LogP contribution in [0.25, 0.3) is 11.5 Å². The van der Waals surface area contributed by atoms with Gasteiger partial charge in [-0.25, -0.2) is 9.98 Å². The van der Waals surface area contributed by atoms with Crippen molar-refractivity contribution in [2.75, 3.05) is 11.9 Å². The van der Waals surface area contributed by atoms with E-state index in [0.717, 1.165) is 29.1 Å². The lowest BCUT2D eigenvalue weighted by Gasteiger charge is -2.10. The van der Waals surface area contributed by atoms with Crippen LogP contribution in [-0.4, -0.2) is 23.4 Å². The first-order chi connectivity index (χ1) is 15.4. The molecule has 0 aliphatic carbocycles. The van der Waals surface area contributed by atoms with Crippen molar-refractivity contribution in [1.82, 2.24) is 15.6 Å². The van der Waals surface area contributed by atoms with Crippen LogP contribution in [-0.2, 0) is 17.9 Å². The van der Waals surface area contributed by atoms with Crippen molar-refractivity contribution in [3.05, 3.63) is 71.6 Å². The first-order valence-electron chi connectivity index (χ1n) is 10.9. The minimum absolute atomic E-state index is 0. The van der Waals surface area contributed by atoms with Crippen LogP contribution >= 0.6 is 24.0 Å². The molecule has 0 saturated heterocycles. The molecule has 0 spiro atoms. The zero-order valence-electron chi connectivity index (χ0n) is 19.5. The molecule has 2 aromatic carbocycles. The number of carbonyl (C=O) groups is 1. The van der Waals surface area contributed by atoms with Gasteiger partial charge in [-0.1, -0.05) is 43.7 Å². The number of aromatic nitrogens is 1. The molecule has 0 fully saturated rings. The van der Waals surface area contributed by atoms with Crippen molar-refractivity contribution in [1.29, 1.82) is 0 Å². The van der Waals surface area contributed by atoms with E-state index in [-0.39, 0.29) is 35.8 Å². The number of anilines is 1. The summed E-state index contributed by atoms with van der Waals surface area (Å²) < 4.78 is 5.62. The van der Waals surface area contributed by atoms with E-state index in [1.807, 2.05) is 69.3 Å². The predicted molar refractivity (Wildman–Crippen MR) is 144 cm³/mol. The summed E-state index contributed by atoms with van der Waals surface area (Å²) in [5.41, 5.74) is 4.79. The fourth-order valence-corrected chi connectivity index (χ4v) is 2.88. The van der Waals surface area contributed by atoms with Gasteiger partial charge in [0, 0.05) is 23.7 Å². The lowest BCUT2D eigenvalue weighted by Crippen LogP contribution is -2.36. The smallest absolute Gasteiger partial charge is 0.226 e. The lowest BCUT2D eigenvalue weighted by molar-refractivity contribution is -0.118. The van der Waals surface area contributed by atoms with E-state index in [1.54, 1.807) is 6.26 Å². The number of oxazole rings is 1. The maximum Gasteiger partial charge on any atom is 0.226 e. The molecule has 8 heteroatoms. The SMILES string of the molecule is CCNC(=NCc1ccc(NC(=O)C(C)C)cc1)NCc1coc(-c2ccc(C)cc2)n1.I. The van der Waals surface area contributed by atoms with Crippen LogP contribution in [0.4, 0.5) is 5.69 Å². The average Bonchev–Trinajstić information content (AvgIpc) is 3.26. The van der Waals surface area contributed by atoms with Crippen molar-refractivity contribution >= 4 is 41.5 Å². The van der Waals surface area contributed by atoms with E-state index < -0.39 is 0 Å². The second-order valence-corrected chi connectivity index (χ2v) is 7.90. The Kier molecular flexibility index (Phi) is 10.4. The van der Waals surface area contributed by atoms with Gasteiger partial charge >= 0.3 is 0 Å². The highest BCUT2D eigenvalue weighted by atomic mass is 127. The zero-order chi connectivity index (χ0) is 22.9. The topological polar surface area (TPSA) is 91.5 Å². The van der Waals surface area contributed by atoms with E-state index in [2.05, 4.69) is 32.9 Å². The van der Waals surface area contributed by atoms with Gasteiger partial charge in [0.2, 0.25) is 11.8 Å². The number of aryl methyl sites for hydroxylation is 1. The maximum absolute atomic E-state index is 11.8. The van der Waals surface area contributed by atoms with Gasteiger partial charge in [-0.05, 0) is 43.7 Å². The number of amides is 1. The van der Waals surface area contributed by atoms with Crippen molar-refractivity contribution in [2.24, 2.45) is 10.9 Å². The molecule has 0 radical (unpaired) electrons. The minimum Gasteiger partial charge on any atom is -0.444 e. The molecule has 3 rings (SSSR count). The minimum atomic E-state index is -0.0503. The van der Waals surface area contributed by atoms with Crippen LogP contribution < -0.4 is 16.0 Å². The third-order valence-electron chi connectivity index (χ3n) is 4.80. The Labute approximate surface area is 212 Å². The number of rotatable bonds is 8. The molecule has 3 aromatic rings. The Hall–Kier alpha value is -2.88. The third kappa shape index (κ3) is 8.20. The Morgan fingerprint density at radius 3 is 2.39 bits per heavy atom. The van der Waals surface area contributed by atoms with Gasteiger partial charge < -0.3 is 20.4 Å². The van der Waals surface area contributed by atoms with Gasteiger partial charge in [-0.15, -0.1) is 24.0 Å². The van der Waals surface area contributed by atoms with E-state index >= 15 is 0 Å². The van der Waals surface area contributed by atoms with Crippen LogP contribution in [0.15, 0.2) is 64.2 Å². The highest BCUT2D eigenvalue weighted by Gasteiger charge is 2.08. The molecule has 0 bridgehead atoms. The number of nitrogens with one attached hydrogen (secondary N) is 3. The summed E-state index contributed by atoms with van der Waals surface area (Å²) in [7, 11) is 0. The number of benzene rings is 2. The number of nitrogens with zero attached hydrogens (tertiary/aromatic N) is 2. The predicted octanol–water partition coefficient (Wildman–Crippen LogP) is 5.12. The summed E-state index contributed by atoms with van der Waals surface area (Å²) in [5, 5.41) is 9.43. The lowest BCUT2D eigenvalue weighted by atomic mass is 10.1. The standard InChI is InChI=1S/C25H31N5O2.HI/c1-5-26-25(27-14-19-8-12-21(13-9-19)29-23(31)17(2)3)28-15-22-16-32-24(30-22)20-10-6-18(4)7-11-20;/h6-13,16-17H,5,14-15H2,1-4H3,(H,29,31)(H2,26,27,28);1H. The van der Waals surface area contributed by atoms with Crippen LogP contribution in [0.3, 0.4) is 0 Å². The maximum atomic E-state index is 11.8. The first kappa shape index (κ1) is 26.4. The second kappa shape index (κ2) is 13.0. The van der Waals surface area contributed by atoms with Crippen molar-refractivity contribution in [3.63, 3.8) is 0 Å². The third-order valence-corrected chi connectivity index (χ3v) is 4.80. The Morgan fingerprint density at radius 2 is 1.76 bits per heavy atom. The van der Waals surface area contributed by atoms with Gasteiger partial charge in [0.15, 0.2) is 5.96 Å². The first-order valence-corrected chi connectivity index (χ1v) is 10.9. The van der Waals surface area contributed by atoms with Crippen LogP contribution in [0.1, 0.15) is 37.6 Å². The molecule has 0 unspecified atom stereocenters. The molecule has 0 saturated carbocycles. The van der Waals surface area contributed by atoms with Gasteiger partial charge in [0.25, 0.3) is 0 Å². The molecule has 3 N–H and O–H groups in total. The highest BCUT2D eigenvalue weighted by molar-refractivity contribution is 14.0. The zero-order valence-corrected chi connectivity index (χ0v) is 21.8. The number of aliphatic imine (C=N–C) groups is 1. The van der Waals surface area contributed by atoms with E-state index in [9.17, 15) is 4.79 Å². The summed E-state index contributed by atoms with van der Waals surface area (Å²) >= 11 is 0. The number of guanidine groups is 1. The summed E-state index contributed by atoms with van der Waals surface area (Å²) in [6.07, 6.45) is 1.66. The summed E-state index contributed by atoms with van der Waals surface area (Å²) in [5.74, 6) is 1.26. The van der Waals surface area contributed by atoms with Crippen LogP contribution in [0.2, 0.25) is 0 Å². The molecule has 1 amide bonds. The molecule has 0 aliphatic rings. The Bertz CT molecular complexity index is 1040.